The van der Waals surface area contributed by atoms with Crippen LogP contribution in [0.3, 0.4) is 0 Å². The van der Waals surface area contributed by atoms with Crippen LogP contribution in [-0.4, -0.2) is 63.3 Å². The fourth-order valence-electron chi connectivity index (χ4n) is 3.47. The second-order valence-corrected chi connectivity index (χ2v) is 10.2. The van der Waals surface area contributed by atoms with Crippen LogP contribution in [0.2, 0.25) is 0 Å². The van der Waals surface area contributed by atoms with E-state index in [9.17, 15) is 0 Å². The summed E-state index contributed by atoms with van der Waals surface area (Å²) in [4.78, 5) is 0. The number of nitrogens with zero attached hydrogens (tertiary/aromatic N) is 3. The van der Waals surface area contributed by atoms with Gasteiger partial charge in [-0.25, -0.2) is 0 Å². The average Bonchev–Trinajstić information content (AvgIpc) is 2.75. The summed E-state index contributed by atoms with van der Waals surface area (Å²) in [5.41, 5.74) is 0. The minimum Gasteiger partial charge on any atom is -0.280 e. The number of hydrogen-bond acceptors (Lipinski definition) is 6. The topological polar surface area (TPSA) is 37.4 Å². The standard InChI is InChI=1S/C24H47N3O3Si/c1-7-18-25(19-8-2)28-31(24-16-14-13-15-17-24,29-26(20-9-3)21-10-4)30-27(22-11-5)23-12-6/h13-17H,7-12,18-23H2,1-6H3. The van der Waals surface area contributed by atoms with Crippen molar-refractivity contribution < 1.29 is 13.6 Å². The van der Waals surface area contributed by atoms with Crippen molar-refractivity contribution in [3.63, 3.8) is 0 Å². The van der Waals surface area contributed by atoms with Crippen LogP contribution in [0.25, 0.3) is 0 Å². The van der Waals surface area contributed by atoms with E-state index in [0.717, 1.165) is 83.0 Å². The van der Waals surface area contributed by atoms with E-state index >= 15 is 0 Å². The molecule has 0 aliphatic carbocycles. The Hall–Kier alpha value is -0.803. The number of benzene rings is 1. The van der Waals surface area contributed by atoms with Crippen LogP contribution in [0, 0.1) is 0 Å². The summed E-state index contributed by atoms with van der Waals surface area (Å²) in [5.74, 6) is 0. The molecule has 180 valence electrons. The highest BCUT2D eigenvalue weighted by molar-refractivity contribution is 6.75. The molecule has 0 N–H and O–H groups in total. The highest BCUT2D eigenvalue weighted by Crippen LogP contribution is 2.19. The van der Waals surface area contributed by atoms with Crippen molar-refractivity contribution in [3.05, 3.63) is 30.3 Å². The lowest BCUT2D eigenvalue weighted by atomic mass is 10.4. The van der Waals surface area contributed by atoms with E-state index < -0.39 is 8.80 Å². The molecule has 0 saturated heterocycles. The van der Waals surface area contributed by atoms with E-state index in [4.69, 9.17) is 13.6 Å². The Bertz CT molecular complexity index is 487. The van der Waals surface area contributed by atoms with Gasteiger partial charge in [-0.1, -0.05) is 71.9 Å². The van der Waals surface area contributed by atoms with Crippen molar-refractivity contribution in [1.82, 2.24) is 15.2 Å². The van der Waals surface area contributed by atoms with Gasteiger partial charge in [-0.2, -0.15) is 15.2 Å². The van der Waals surface area contributed by atoms with Crippen LogP contribution in [-0.2, 0) is 13.6 Å². The first-order valence-electron chi connectivity index (χ1n) is 12.5. The fourth-order valence-corrected chi connectivity index (χ4v) is 6.05. The van der Waals surface area contributed by atoms with Gasteiger partial charge in [0.05, 0.1) is 0 Å². The molecular formula is C24H47N3O3Si. The molecule has 31 heavy (non-hydrogen) atoms. The fraction of sp³-hybridized carbons (Fsp3) is 0.750. The van der Waals surface area contributed by atoms with Crippen molar-refractivity contribution in [2.45, 2.75) is 80.1 Å². The lowest BCUT2D eigenvalue weighted by Gasteiger charge is -2.39. The van der Waals surface area contributed by atoms with Crippen molar-refractivity contribution >= 4 is 14.0 Å². The molecule has 0 spiro atoms. The predicted molar refractivity (Wildman–Crippen MR) is 132 cm³/mol. The largest absolute Gasteiger partial charge is 0.588 e. The maximum absolute atomic E-state index is 6.80. The van der Waals surface area contributed by atoms with Crippen molar-refractivity contribution in [3.8, 4) is 0 Å². The lowest BCUT2D eigenvalue weighted by molar-refractivity contribution is -0.221. The van der Waals surface area contributed by atoms with Gasteiger partial charge in [-0.3, -0.25) is 13.6 Å². The Morgan fingerprint density at radius 1 is 0.516 bits per heavy atom. The van der Waals surface area contributed by atoms with Crippen LogP contribution < -0.4 is 5.19 Å². The molecular weight excluding hydrogens is 406 g/mol. The first-order valence-corrected chi connectivity index (χ1v) is 14.2. The van der Waals surface area contributed by atoms with Crippen LogP contribution in [0.15, 0.2) is 30.3 Å². The molecule has 1 rings (SSSR count). The zero-order valence-corrected chi connectivity index (χ0v) is 21.9. The van der Waals surface area contributed by atoms with Crippen molar-refractivity contribution in [2.24, 2.45) is 0 Å². The van der Waals surface area contributed by atoms with Gasteiger partial charge in [-0.05, 0) is 38.5 Å². The molecule has 0 heterocycles. The Morgan fingerprint density at radius 3 is 1.06 bits per heavy atom. The van der Waals surface area contributed by atoms with Gasteiger partial charge in [0.2, 0.25) is 0 Å². The van der Waals surface area contributed by atoms with Crippen LogP contribution in [0.5, 0.6) is 0 Å². The molecule has 0 aliphatic heterocycles. The van der Waals surface area contributed by atoms with E-state index in [-0.39, 0.29) is 0 Å². The number of hydrogen-bond donors (Lipinski definition) is 0. The highest BCUT2D eigenvalue weighted by Gasteiger charge is 2.51. The minimum atomic E-state index is -3.31. The van der Waals surface area contributed by atoms with Gasteiger partial charge < -0.3 is 0 Å². The molecule has 6 nitrogen and oxygen atoms in total. The van der Waals surface area contributed by atoms with E-state index in [1.807, 2.05) is 18.2 Å². The molecule has 0 unspecified atom stereocenters. The smallest absolute Gasteiger partial charge is 0.280 e. The van der Waals surface area contributed by atoms with Crippen LogP contribution in [0.1, 0.15) is 80.1 Å². The summed E-state index contributed by atoms with van der Waals surface area (Å²) in [6.45, 7) is 18.2. The van der Waals surface area contributed by atoms with Crippen LogP contribution >= 0.6 is 0 Å². The third-order valence-electron chi connectivity index (χ3n) is 4.71. The van der Waals surface area contributed by atoms with E-state index in [1.54, 1.807) is 0 Å². The molecule has 0 aliphatic rings. The Kier molecular flexibility index (Phi) is 15.3. The maximum atomic E-state index is 6.80. The zero-order valence-electron chi connectivity index (χ0n) is 20.9. The van der Waals surface area contributed by atoms with E-state index in [0.29, 0.717) is 0 Å². The SMILES string of the molecule is CCCN(CCC)O[Si](ON(CCC)CCC)(ON(CCC)CCC)c1ccccc1. The summed E-state index contributed by atoms with van der Waals surface area (Å²) in [7, 11) is -3.31. The molecule has 1 aromatic rings. The third kappa shape index (κ3) is 10.1. The summed E-state index contributed by atoms with van der Waals surface area (Å²) in [6.07, 6.45) is 6.09. The zero-order chi connectivity index (χ0) is 23.0. The summed E-state index contributed by atoms with van der Waals surface area (Å²) < 4.78 is 20.4. The van der Waals surface area contributed by atoms with Gasteiger partial charge in [0.15, 0.2) is 0 Å². The van der Waals surface area contributed by atoms with E-state index in [1.165, 1.54) is 0 Å². The second-order valence-electron chi connectivity index (χ2n) is 7.98. The number of hydroxylamine groups is 6. The predicted octanol–water partition coefficient (Wildman–Crippen LogP) is 4.99. The monoisotopic (exact) mass is 453 g/mol. The molecule has 0 aromatic heterocycles. The average molecular weight is 454 g/mol. The lowest BCUT2D eigenvalue weighted by Crippen LogP contribution is -2.65. The normalized spacial score (nSPS) is 12.4. The van der Waals surface area contributed by atoms with Gasteiger partial charge in [0.25, 0.3) is 0 Å². The summed E-state index contributed by atoms with van der Waals surface area (Å²) in [5, 5.41) is 7.18. The molecule has 1 aromatic carbocycles. The van der Waals surface area contributed by atoms with Gasteiger partial charge in [-0.15, -0.1) is 0 Å². The molecule has 0 bridgehead atoms. The van der Waals surface area contributed by atoms with E-state index in [2.05, 4.69) is 68.9 Å². The Morgan fingerprint density at radius 2 is 0.806 bits per heavy atom. The van der Waals surface area contributed by atoms with Crippen molar-refractivity contribution in [1.29, 1.82) is 0 Å². The van der Waals surface area contributed by atoms with Gasteiger partial charge >= 0.3 is 8.80 Å². The van der Waals surface area contributed by atoms with Crippen LogP contribution in [0.4, 0.5) is 0 Å². The third-order valence-corrected chi connectivity index (χ3v) is 7.25. The second kappa shape index (κ2) is 16.8. The minimum absolute atomic E-state index is 0.852. The molecule has 0 amide bonds. The van der Waals surface area contributed by atoms with Crippen molar-refractivity contribution in [2.75, 3.05) is 39.3 Å². The summed E-state index contributed by atoms with van der Waals surface area (Å²) >= 11 is 0. The molecule has 0 atom stereocenters. The summed E-state index contributed by atoms with van der Waals surface area (Å²) in [6, 6.07) is 10.3. The quantitative estimate of drug-likeness (QED) is 0.217. The first kappa shape index (κ1) is 28.2. The Balaban J connectivity index is 3.44. The number of rotatable bonds is 19. The Labute approximate surface area is 192 Å². The highest BCUT2D eigenvalue weighted by atomic mass is 28.4. The molecule has 7 heteroatoms. The maximum Gasteiger partial charge on any atom is 0.588 e. The molecule has 0 radical (unpaired) electrons. The molecule has 0 saturated carbocycles. The molecule has 0 fully saturated rings. The van der Waals surface area contributed by atoms with Gasteiger partial charge in [0.1, 0.15) is 0 Å². The first-order chi connectivity index (χ1) is 15.1. The van der Waals surface area contributed by atoms with Gasteiger partial charge in [0, 0.05) is 44.5 Å².